The summed E-state index contributed by atoms with van der Waals surface area (Å²) in [7, 11) is 1.94. The second-order valence-electron chi connectivity index (χ2n) is 3.95. The summed E-state index contributed by atoms with van der Waals surface area (Å²) < 4.78 is 13.8. The minimum absolute atomic E-state index is 0.272. The van der Waals surface area contributed by atoms with Crippen LogP contribution in [0.15, 0.2) is 16.6 Å². The molecule has 1 aromatic carbocycles. The molecule has 1 aromatic rings. The van der Waals surface area contributed by atoms with Gasteiger partial charge in [0.1, 0.15) is 5.82 Å². The van der Waals surface area contributed by atoms with E-state index in [4.69, 9.17) is 5.73 Å². The van der Waals surface area contributed by atoms with Crippen LogP contribution in [-0.2, 0) is 0 Å². The first kappa shape index (κ1) is 13.3. The van der Waals surface area contributed by atoms with E-state index < -0.39 is 0 Å². The number of unbranched alkanes of at least 4 members (excludes halogenated alkanes) is 2. The summed E-state index contributed by atoms with van der Waals surface area (Å²) in [5, 5.41) is 0. The summed E-state index contributed by atoms with van der Waals surface area (Å²) >= 11 is 3.12. The molecule has 0 unspecified atom stereocenters. The Hall–Kier alpha value is -0.770. The van der Waals surface area contributed by atoms with Crippen molar-refractivity contribution >= 4 is 27.3 Å². The van der Waals surface area contributed by atoms with Gasteiger partial charge in [0.25, 0.3) is 0 Å². The van der Waals surface area contributed by atoms with Gasteiger partial charge in [-0.05, 0) is 28.4 Å². The minimum Gasteiger partial charge on any atom is -0.397 e. The van der Waals surface area contributed by atoms with Gasteiger partial charge in [0.2, 0.25) is 0 Å². The van der Waals surface area contributed by atoms with Gasteiger partial charge in [-0.1, -0.05) is 19.8 Å². The Kier molecular flexibility index (Phi) is 5.06. The molecule has 0 amide bonds. The predicted octanol–water partition coefficient (Wildman–Crippen LogP) is 3.80. The van der Waals surface area contributed by atoms with Crippen molar-refractivity contribution < 1.29 is 4.39 Å². The Morgan fingerprint density at radius 1 is 1.38 bits per heavy atom. The normalized spacial score (nSPS) is 10.5. The second-order valence-corrected chi connectivity index (χ2v) is 4.81. The van der Waals surface area contributed by atoms with E-state index in [9.17, 15) is 4.39 Å². The number of benzene rings is 1. The SMILES string of the molecule is CCCCCN(C)c1cc(F)c(Br)cc1N. The Morgan fingerprint density at radius 2 is 2.06 bits per heavy atom. The van der Waals surface area contributed by atoms with Gasteiger partial charge >= 0.3 is 0 Å². The van der Waals surface area contributed by atoms with E-state index >= 15 is 0 Å². The lowest BCUT2D eigenvalue weighted by molar-refractivity contribution is 0.620. The molecule has 1 rings (SSSR count). The number of nitrogens with two attached hydrogens (primary N) is 1. The van der Waals surface area contributed by atoms with Crippen LogP contribution in [0.2, 0.25) is 0 Å². The first-order valence-electron chi connectivity index (χ1n) is 5.52. The molecule has 0 heterocycles. The third-order valence-corrected chi connectivity index (χ3v) is 3.19. The summed E-state index contributed by atoms with van der Waals surface area (Å²) in [4.78, 5) is 2.00. The minimum atomic E-state index is -0.272. The molecule has 90 valence electrons. The van der Waals surface area contributed by atoms with Gasteiger partial charge in [-0.3, -0.25) is 0 Å². The third-order valence-electron chi connectivity index (χ3n) is 2.58. The monoisotopic (exact) mass is 288 g/mol. The van der Waals surface area contributed by atoms with Gasteiger partial charge in [0.05, 0.1) is 15.8 Å². The van der Waals surface area contributed by atoms with Gasteiger partial charge < -0.3 is 10.6 Å². The smallest absolute Gasteiger partial charge is 0.139 e. The number of nitrogens with zero attached hydrogens (tertiary/aromatic N) is 1. The highest BCUT2D eigenvalue weighted by Crippen LogP contribution is 2.28. The van der Waals surface area contributed by atoms with Crippen molar-refractivity contribution in [1.82, 2.24) is 0 Å². The fourth-order valence-corrected chi connectivity index (χ4v) is 1.96. The van der Waals surface area contributed by atoms with Crippen LogP contribution in [0.4, 0.5) is 15.8 Å². The molecule has 0 aliphatic heterocycles. The van der Waals surface area contributed by atoms with E-state index in [1.807, 2.05) is 11.9 Å². The van der Waals surface area contributed by atoms with E-state index in [1.54, 1.807) is 6.07 Å². The highest BCUT2D eigenvalue weighted by molar-refractivity contribution is 9.10. The molecular formula is C12H18BrFN2. The largest absolute Gasteiger partial charge is 0.397 e. The third kappa shape index (κ3) is 3.37. The number of rotatable bonds is 5. The maximum absolute atomic E-state index is 13.4. The molecular weight excluding hydrogens is 271 g/mol. The first-order valence-corrected chi connectivity index (χ1v) is 6.31. The number of anilines is 2. The maximum Gasteiger partial charge on any atom is 0.139 e. The zero-order valence-corrected chi connectivity index (χ0v) is 11.3. The van der Waals surface area contributed by atoms with Crippen LogP contribution in [0.3, 0.4) is 0 Å². The lowest BCUT2D eigenvalue weighted by atomic mass is 10.2. The van der Waals surface area contributed by atoms with E-state index in [2.05, 4.69) is 22.9 Å². The summed E-state index contributed by atoms with van der Waals surface area (Å²) in [6.45, 7) is 3.06. The second kappa shape index (κ2) is 6.09. The van der Waals surface area contributed by atoms with Crippen molar-refractivity contribution in [3.8, 4) is 0 Å². The first-order chi connectivity index (χ1) is 7.56. The van der Waals surface area contributed by atoms with Crippen LogP contribution in [0, 0.1) is 5.82 Å². The fourth-order valence-electron chi connectivity index (χ4n) is 1.60. The molecule has 0 aromatic heterocycles. The molecule has 0 aliphatic carbocycles. The van der Waals surface area contributed by atoms with Gasteiger partial charge in [-0.25, -0.2) is 4.39 Å². The van der Waals surface area contributed by atoms with Gasteiger partial charge in [-0.15, -0.1) is 0 Å². The molecule has 0 fully saturated rings. The fraction of sp³-hybridized carbons (Fsp3) is 0.500. The number of hydrogen-bond acceptors (Lipinski definition) is 2. The Morgan fingerprint density at radius 3 is 2.69 bits per heavy atom. The van der Waals surface area contributed by atoms with Crippen molar-refractivity contribution in [2.24, 2.45) is 0 Å². The molecule has 2 nitrogen and oxygen atoms in total. The Labute approximate surface area is 105 Å². The van der Waals surface area contributed by atoms with Crippen LogP contribution in [0.25, 0.3) is 0 Å². The van der Waals surface area contributed by atoms with Crippen molar-refractivity contribution in [2.45, 2.75) is 26.2 Å². The van der Waals surface area contributed by atoms with Gasteiger partial charge in [0, 0.05) is 19.7 Å². The summed E-state index contributed by atoms with van der Waals surface area (Å²) in [6, 6.07) is 3.09. The summed E-state index contributed by atoms with van der Waals surface area (Å²) in [5.41, 5.74) is 7.22. The van der Waals surface area contributed by atoms with Crippen molar-refractivity contribution in [1.29, 1.82) is 0 Å². The van der Waals surface area contributed by atoms with Crippen LogP contribution in [-0.4, -0.2) is 13.6 Å². The average molecular weight is 289 g/mol. The lowest BCUT2D eigenvalue weighted by Crippen LogP contribution is -2.20. The molecule has 0 spiro atoms. The molecule has 0 bridgehead atoms. The zero-order valence-electron chi connectivity index (χ0n) is 9.76. The quantitative estimate of drug-likeness (QED) is 0.660. The number of nitrogen functional groups attached to an aromatic ring is 1. The van der Waals surface area contributed by atoms with Crippen molar-refractivity contribution in [2.75, 3.05) is 24.2 Å². The Balaban J connectivity index is 2.75. The highest BCUT2D eigenvalue weighted by Gasteiger charge is 2.09. The van der Waals surface area contributed by atoms with Crippen molar-refractivity contribution in [3.63, 3.8) is 0 Å². The molecule has 16 heavy (non-hydrogen) atoms. The van der Waals surface area contributed by atoms with Gasteiger partial charge in [0.15, 0.2) is 0 Å². The standard InChI is InChI=1S/C12H18BrFN2/c1-3-4-5-6-16(2)12-8-10(14)9(13)7-11(12)15/h7-8H,3-6,15H2,1-2H3. The molecule has 2 N–H and O–H groups in total. The maximum atomic E-state index is 13.4. The average Bonchev–Trinajstić information content (AvgIpc) is 2.23. The molecule has 0 saturated carbocycles. The molecule has 0 aliphatic rings. The number of halogens is 2. The van der Waals surface area contributed by atoms with Crippen LogP contribution in [0.1, 0.15) is 26.2 Å². The van der Waals surface area contributed by atoms with Crippen molar-refractivity contribution in [3.05, 3.63) is 22.4 Å². The van der Waals surface area contributed by atoms with E-state index in [0.717, 1.165) is 18.7 Å². The van der Waals surface area contributed by atoms with Crippen LogP contribution >= 0.6 is 15.9 Å². The zero-order chi connectivity index (χ0) is 12.1. The molecule has 0 atom stereocenters. The highest BCUT2D eigenvalue weighted by atomic mass is 79.9. The van der Waals surface area contributed by atoms with Gasteiger partial charge in [-0.2, -0.15) is 0 Å². The lowest BCUT2D eigenvalue weighted by Gasteiger charge is -2.21. The van der Waals surface area contributed by atoms with E-state index in [0.29, 0.717) is 10.2 Å². The van der Waals surface area contributed by atoms with E-state index in [-0.39, 0.29) is 5.82 Å². The topological polar surface area (TPSA) is 29.3 Å². The van der Waals surface area contributed by atoms with E-state index in [1.165, 1.54) is 18.9 Å². The van der Waals surface area contributed by atoms with Crippen LogP contribution in [0.5, 0.6) is 0 Å². The summed E-state index contributed by atoms with van der Waals surface area (Å²) in [5.74, 6) is -0.272. The predicted molar refractivity (Wildman–Crippen MR) is 71.3 cm³/mol. The molecule has 0 radical (unpaired) electrons. The van der Waals surface area contributed by atoms with Crippen LogP contribution < -0.4 is 10.6 Å². The molecule has 4 heteroatoms. The number of hydrogen-bond donors (Lipinski definition) is 1. The Bertz CT molecular complexity index is 355. The molecule has 0 saturated heterocycles. The summed E-state index contributed by atoms with van der Waals surface area (Å²) in [6.07, 6.45) is 3.46.